The van der Waals surface area contributed by atoms with Crippen molar-refractivity contribution in [2.24, 2.45) is 0 Å². The van der Waals surface area contributed by atoms with Gasteiger partial charge in [0.25, 0.3) is 0 Å². The Hall–Kier alpha value is -3.75. The first kappa shape index (κ1) is 55.2. The second-order valence-corrected chi connectivity index (χ2v) is 7.74. The Balaban J connectivity index is -0.0000000730. The van der Waals surface area contributed by atoms with E-state index in [1.165, 1.54) is 10.3 Å². The van der Waals surface area contributed by atoms with Crippen molar-refractivity contribution in [3.05, 3.63) is 106 Å². The van der Waals surface area contributed by atoms with E-state index in [2.05, 4.69) is 64.3 Å². The molecule has 14 nitrogen and oxygen atoms in total. The van der Waals surface area contributed by atoms with Crippen LogP contribution in [-0.2, 0) is 38.4 Å². The Morgan fingerprint density at radius 1 is 0.372 bits per heavy atom. The summed E-state index contributed by atoms with van der Waals surface area (Å²) in [5.41, 5.74) is 7.75. The first-order valence-electron chi connectivity index (χ1n) is 11.0. The fourth-order valence-electron chi connectivity index (χ4n) is 1.83. The van der Waals surface area contributed by atoms with Gasteiger partial charge in [-0.25, -0.2) is 0 Å². The maximum absolute atomic E-state index is 7.13. The minimum atomic E-state index is 0. The molecular formula is C26H44N10NiO4S2+4. The third-order valence-electron chi connectivity index (χ3n) is 3.64. The molecule has 0 bridgehead atoms. The Bertz CT molecular complexity index is 957. The van der Waals surface area contributed by atoms with Gasteiger partial charge in [0.2, 0.25) is 0 Å². The van der Waals surface area contributed by atoms with Crippen molar-refractivity contribution < 1.29 is 38.4 Å². The van der Waals surface area contributed by atoms with Crippen molar-refractivity contribution in [2.75, 3.05) is 0 Å². The average Bonchev–Trinajstić information content (AvgIpc) is 2.89. The van der Waals surface area contributed by atoms with Crippen LogP contribution in [0.25, 0.3) is 10.8 Å². The molecule has 43 heavy (non-hydrogen) atoms. The van der Waals surface area contributed by atoms with Crippen LogP contribution in [0, 0.1) is 55.4 Å². The third-order valence-corrected chi connectivity index (χ3v) is 3.64. The summed E-state index contributed by atoms with van der Waals surface area (Å²) in [6.07, 6.45) is 14.1. The molecule has 0 aliphatic heterocycles. The molecule has 4 rings (SSSR count). The van der Waals surface area contributed by atoms with Gasteiger partial charge in [-0.05, 0) is 55.4 Å². The van der Waals surface area contributed by atoms with Crippen LogP contribution in [0.3, 0.4) is 0 Å². The molecule has 0 aliphatic rings. The standard InChI is InChI=1S/4C6H8N2.2CNS.Ni.4H2O/c4*1-5-3-8-6(2)4-7-5;2*2-1-3;;;;;/h4*3-4H,1-2H3;;;;4*1H2/q;;;;2*-1;+2;;;;/p+4. The summed E-state index contributed by atoms with van der Waals surface area (Å²) in [4.78, 5) is 32.1. The predicted molar refractivity (Wildman–Crippen MR) is 177 cm³/mol. The first-order chi connectivity index (χ1) is 18.0. The van der Waals surface area contributed by atoms with Gasteiger partial charge >= 0.3 is 16.5 Å². The monoisotopic (exact) mass is 682 g/mol. The van der Waals surface area contributed by atoms with Crippen LogP contribution in [0.1, 0.15) is 45.6 Å². The summed E-state index contributed by atoms with van der Waals surface area (Å²) >= 11 is 7.40. The largest absolute Gasteiger partial charge is 2.00 e. The van der Waals surface area contributed by atoms with Crippen molar-refractivity contribution in [3.8, 4) is 0 Å². The molecule has 0 aliphatic carbocycles. The van der Waals surface area contributed by atoms with E-state index in [1.54, 1.807) is 49.6 Å². The second-order valence-electron chi connectivity index (χ2n) is 7.38. The molecule has 240 valence electrons. The molecule has 17 heteroatoms. The van der Waals surface area contributed by atoms with Crippen molar-refractivity contribution in [1.82, 2.24) is 39.9 Å². The summed E-state index contributed by atoms with van der Waals surface area (Å²) in [7, 11) is 0. The second kappa shape index (κ2) is 36.3. The van der Waals surface area contributed by atoms with Crippen molar-refractivity contribution >= 4 is 34.8 Å². The number of isothiocyanates is 2. The van der Waals surface area contributed by atoms with Gasteiger partial charge in [-0.3, -0.25) is 39.9 Å². The normalized spacial score (nSPS) is 7.26. The third kappa shape index (κ3) is 38.3. The summed E-state index contributed by atoms with van der Waals surface area (Å²) in [5, 5.41) is 16.9. The quantitative estimate of drug-likeness (QED) is 0.112. The van der Waals surface area contributed by atoms with E-state index >= 15 is 0 Å². The molecule has 12 N–H and O–H groups in total. The van der Waals surface area contributed by atoms with Crippen LogP contribution in [0.4, 0.5) is 0 Å². The maximum atomic E-state index is 7.13. The molecule has 0 unspecified atom stereocenters. The van der Waals surface area contributed by atoms with Crippen molar-refractivity contribution in [1.29, 1.82) is 0 Å². The zero-order valence-corrected chi connectivity index (χ0v) is 28.2. The molecule has 0 atom stereocenters. The maximum Gasteiger partial charge on any atom is 2.00 e. The van der Waals surface area contributed by atoms with Gasteiger partial charge in [-0.15, -0.1) is 0 Å². The number of aryl methyl sites for hydroxylation is 8. The van der Waals surface area contributed by atoms with Crippen LogP contribution in [0.15, 0.2) is 49.6 Å². The Labute approximate surface area is 273 Å². The Morgan fingerprint density at radius 3 is 0.488 bits per heavy atom. The van der Waals surface area contributed by atoms with Crippen molar-refractivity contribution in [2.45, 2.75) is 55.4 Å². The zero-order valence-electron chi connectivity index (χ0n) is 25.5. The van der Waals surface area contributed by atoms with Crippen LogP contribution in [-0.4, -0.2) is 50.2 Å². The van der Waals surface area contributed by atoms with E-state index in [-0.39, 0.29) is 38.4 Å². The molecule has 0 aromatic carbocycles. The number of rotatable bonds is 0. The number of thiocarbonyl (C=S) groups is 2. The Kier molecular flexibility index (Phi) is 46.6. The molecule has 0 saturated heterocycles. The molecule has 4 aromatic heterocycles. The van der Waals surface area contributed by atoms with Crippen LogP contribution in [0.2, 0.25) is 0 Å². The van der Waals surface area contributed by atoms with E-state index in [0.717, 1.165) is 45.6 Å². The molecular weight excluding hydrogens is 639 g/mol. The summed E-state index contributed by atoms with van der Waals surface area (Å²) in [6, 6.07) is 0. The van der Waals surface area contributed by atoms with E-state index in [4.69, 9.17) is 10.8 Å². The zero-order chi connectivity index (χ0) is 29.3. The molecule has 0 radical (unpaired) electrons. The summed E-state index contributed by atoms with van der Waals surface area (Å²) < 4.78 is 0. The molecule has 0 amide bonds. The predicted octanol–water partition coefficient (Wildman–Crippen LogP) is 2.00. The number of hydrogen-bond acceptors (Lipinski definition) is 10. The van der Waals surface area contributed by atoms with Gasteiger partial charge < -0.3 is 32.7 Å². The number of aromatic nitrogens is 8. The van der Waals surface area contributed by atoms with Crippen molar-refractivity contribution in [3.63, 3.8) is 0 Å². The minimum absolute atomic E-state index is 0. The van der Waals surface area contributed by atoms with E-state index in [9.17, 15) is 0 Å². The van der Waals surface area contributed by atoms with Crippen LogP contribution < -0.4 is 0 Å². The fraction of sp³-hybridized carbons (Fsp3) is 0.308. The van der Waals surface area contributed by atoms with E-state index in [1.807, 2.05) is 55.4 Å². The first-order valence-corrected chi connectivity index (χ1v) is 11.8. The number of nitrogens with zero attached hydrogens (tertiary/aromatic N) is 10. The van der Waals surface area contributed by atoms with Gasteiger partial charge in [-0.2, -0.15) is 10.3 Å². The topological polar surface area (TPSA) is 280 Å². The van der Waals surface area contributed by atoms with Crippen LogP contribution in [0.5, 0.6) is 0 Å². The summed E-state index contributed by atoms with van der Waals surface area (Å²) in [5.74, 6) is 0. The van der Waals surface area contributed by atoms with Gasteiger partial charge in [0.15, 0.2) is 0 Å². The van der Waals surface area contributed by atoms with E-state index < -0.39 is 0 Å². The fourth-order valence-corrected chi connectivity index (χ4v) is 1.83. The smallest absolute Gasteiger partial charge is 0.753 e. The molecule has 4 aromatic rings. The van der Waals surface area contributed by atoms with Gasteiger partial charge in [0.05, 0.1) is 45.6 Å². The van der Waals surface area contributed by atoms with Gasteiger partial charge in [-0.1, -0.05) is 24.4 Å². The SMILES string of the molecule is Cc1cnc(C)cn1.Cc1cnc(C)cn1.Cc1cnc(C)cn1.Cc1cnc(C)cn1.[N-]=C=S.[N-]=C=S.[Ni+2].[OH3+].[OH3+].[OH3+].[OH3+]. The molecule has 0 spiro atoms. The Morgan fingerprint density at radius 2 is 0.442 bits per heavy atom. The van der Waals surface area contributed by atoms with Gasteiger partial charge in [0, 0.05) is 49.6 Å². The average molecular weight is 684 g/mol. The summed E-state index contributed by atoms with van der Waals surface area (Å²) in [6.45, 7) is 15.4. The van der Waals surface area contributed by atoms with Crippen LogP contribution >= 0.6 is 24.4 Å². The molecule has 4 heterocycles. The van der Waals surface area contributed by atoms with Gasteiger partial charge in [0.1, 0.15) is 0 Å². The number of hydrogen-bond donors (Lipinski definition) is 0. The minimum Gasteiger partial charge on any atom is -0.753 e. The molecule has 0 saturated carbocycles. The molecule has 0 fully saturated rings. The van der Waals surface area contributed by atoms with E-state index in [0.29, 0.717) is 0 Å².